The predicted molar refractivity (Wildman–Crippen MR) is 127 cm³/mol. The van der Waals surface area contributed by atoms with Crippen LogP contribution in [0, 0.1) is 10.1 Å². The number of amides is 1. The number of carbonyl (C=O) groups is 2. The molecule has 11 nitrogen and oxygen atoms in total. The Morgan fingerprint density at radius 3 is 2.50 bits per heavy atom. The lowest BCUT2D eigenvalue weighted by Crippen LogP contribution is -2.42. The van der Waals surface area contributed by atoms with Crippen LogP contribution in [-0.4, -0.2) is 84.1 Å². The summed E-state index contributed by atoms with van der Waals surface area (Å²) in [6.45, 7) is 4.00. The van der Waals surface area contributed by atoms with Crippen LogP contribution in [0.1, 0.15) is 17.2 Å². The van der Waals surface area contributed by atoms with E-state index >= 15 is 0 Å². The Balaban J connectivity index is 1.56. The number of carbonyl (C=O) groups excluding carboxylic acids is 2. The van der Waals surface area contributed by atoms with Crippen LogP contribution in [0.5, 0.6) is 11.5 Å². The average molecular weight is 495 g/mol. The SMILES string of the molecule is O=C1C(=O)N(CCN2CCOCC2)C(c2cccc([N+](=O)[O-])c2)C1=C(O)c1ccc2c(c1)OCCO2. The Labute approximate surface area is 206 Å². The lowest BCUT2D eigenvalue weighted by molar-refractivity contribution is -0.384. The van der Waals surface area contributed by atoms with Crippen LogP contribution in [0.3, 0.4) is 0 Å². The minimum Gasteiger partial charge on any atom is -0.507 e. The van der Waals surface area contributed by atoms with E-state index in [2.05, 4.69) is 4.90 Å². The number of morpholine rings is 1. The van der Waals surface area contributed by atoms with Gasteiger partial charge in [0.1, 0.15) is 19.0 Å². The molecule has 0 bridgehead atoms. The van der Waals surface area contributed by atoms with Crippen molar-refractivity contribution in [3.8, 4) is 11.5 Å². The molecule has 2 saturated heterocycles. The van der Waals surface area contributed by atoms with Crippen molar-refractivity contribution < 1.29 is 33.8 Å². The van der Waals surface area contributed by atoms with Gasteiger partial charge < -0.3 is 24.2 Å². The number of nitro groups is 1. The number of aliphatic hydroxyl groups is 1. The van der Waals surface area contributed by atoms with Crippen molar-refractivity contribution in [2.45, 2.75) is 6.04 Å². The van der Waals surface area contributed by atoms with Crippen molar-refractivity contribution in [3.05, 3.63) is 69.3 Å². The van der Waals surface area contributed by atoms with Gasteiger partial charge in [0.05, 0.1) is 29.8 Å². The smallest absolute Gasteiger partial charge is 0.295 e. The number of nitro benzene ring substituents is 1. The highest BCUT2D eigenvalue weighted by atomic mass is 16.6. The van der Waals surface area contributed by atoms with Gasteiger partial charge in [-0.2, -0.15) is 0 Å². The fourth-order valence-corrected chi connectivity index (χ4v) is 4.69. The molecule has 1 N–H and O–H groups in total. The summed E-state index contributed by atoms with van der Waals surface area (Å²) < 4.78 is 16.5. The lowest BCUT2D eigenvalue weighted by atomic mass is 9.95. The van der Waals surface area contributed by atoms with Gasteiger partial charge in [-0.3, -0.25) is 24.6 Å². The molecule has 3 aliphatic heterocycles. The van der Waals surface area contributed by atoms with Gasteiger partial charge in [0.15, 0.2) is 11.5 Å². The van der Waals surface area contributed by atoms with Crippen molar-refractivity contribution >= 4 is 23.1 Å². The van der Waals surface area contributed by atoms with Crippen LogP contribution < -0.4 is 9.47 Å². The van der Waals surface area contributed by atoms with Crippen LogP contribution >= 0.6 is 0 Å². The summed E-state index contributed by atoms with van der Waals surface area (Å²) in [5, 5.41) is 22.7. The largest absolute Gasteiger partial charge is 0.507 e. The van der Waals surface area contributed by atoms with E-state index in [1.807, 2.05) is 0 Å². The van der Waals surface area contributed by atoms with Gasteiger partial charge in [-0.05, 0) is 23.8 Å². The molecule has 1 unspecified atom stereocenters. The van der Waals surface area contributed by atoms with Crippen molar-refractivity contribution in [2.24, 2.45) is 0 Å². The molecule has 1 amide bonds. The molecule has 1 atom stereocenters. The number of nitrogens with zero attached hydrogens (tertiary/aromatic N) is 3. The molecule has 0 aliphatic carbocycles. The molecule has 0 aromatic heterocycles. The van der Waals surface area contributed by atoms with E-state index in [1.54, 1.807) is 24.3 Å². The molecule has 11 heteroatoms. The number of benzene rings is 2. The number of non-ortho nitro benzene ring substituents is 1. The van der Waals surface area contributed by atoms with Crippen molar-refractivity contribution in [3.63, 3.8) is 0 Å². The highest BCUT2D eigenvalue weighted by Crippen LogP contribution is 2.41. The van der Waals surface area contributed by atoms with Crippen LogP contribution in [-0.2, 0) is 14.3 Å². The van der Waals surface area contributed by atoms with Gasteiger partial charge in [0.25, 0.3) is 17.4 Å². The number of hydrogen-bond donors (Lipinski definition) is 1. The molecule has 0 radical (unpaired) electrons. The summed E-state index contributed by atoms with van der Waals surface area (Å²) in [5.74, 6) is -1.06. The molecule has 5 rings (SSSR count). The topological polar surface area (TPSA) is 132 Å². The molecular weight excluding hydrogens is 470 g/mol. The number of ether oxygens (including phenoxy) is 3. The number of ketones is 1. The number of rotatable bonds is 6. The Kier molecular flexibility index (Phi) is 6.57. The van der Waals surface area contributed by atoms with E-state index in [0.717, 1.165) is 0 Å². The second-order valence-corrected chi connectivity index (χ2v) is 8.66. The fourth-order valence-electron chi connectivity index (χ4n) is 4.69. The zero-order valence-electron chi connectivity index (χ0n) is 19.4. The minimum absolute atomic E-state index is 0.126. The first-order chi connectivity index (χ1) is 17.4. The van der Waals surface area contributed by atoms with E-state index in [0.29, 0.717) is 63.1 Å². The normalized spacial score (nSPS) is 21.6. The zero-order chi connectivity index (χ0) is 25.2. The monoisotopic (exact) mass is 495 g/mol. The van der Waals surface area contributed by atoms with E-state index < -0.39 is 22.7 Å². The van der Waals surface area contributed by atoms with Gasteiger partial charge in [-0.1, -0.05) is 12.1 Å². The van der Waals surface area contributed by atoms with Gasteiger partial charge in [-0.15, -0.1) is 0 Å². The second-order valence-electron chi connectivity index (χ2n) is 8.66. The Hall–Kier alpha value is -3.96. The molecule has 2 aromatic carbocycles. The maximum Gasteiger partial charge on any atom is 0.295 e. The summed E-state index contributed by atoms with van der Waals surface area (Å²) in [4.78, 5) is 40.8. The quantitative estimate of drug-likeness (QED) is 0.210. The molecule has 3 aliphatic rings. The molecule has 2 aromatic rings. The van der Waals surface area contributed by atoms with Crippen LogP contribution in [0.15, 0.2) is 48.0 Å². The summed E-state index contributed by atoms with van der Waals surface area (Å²) in [5.41, 5.74) is 0.343. The zero-order valence-corrected chi connectivity index (χ0v) is 19.4. The highest BCUT2D eigenvalue weighted by Gasteiger charge is 2.46. The van der Waals surface area contributed by atoms with Crippen LogP contribution in [0.4, 0.5) is 5.69 Å². The average Bonchev–Trinajstić information content (AvgIpc) is 3.16. The lowest BCUT2D eigenvalue weighted by Gasteiger charge is -2.31. The molecule has 0 saturated carbocycles. The van der Waals surface area contributed by atoms with Crippen LogP contribution in [0.25, 0.3) is 5.76 Å². The van der Waals surface area contributed by atoms with Crippen molar-refractivity contribution in [1.29, 1.82) is 0 Å². The molecule has 36 heavy (non-hydrogen) atoms. The predicted octanol–water partition coefficient (Wildman–Crippen LogP) is 2.12. The van der Waals surface area contributed by atoms with E-state index in [4.69, 9.17) is 14.2 Å². The number of likely N-dealkylation sites (tertiary alicyclic amines) is 1. The first-order valence-corrected chi connectivity index (χ1v) is 11.7. The summed E-state index contributed by atoms with van der Waals surface area (Å²) in [7, 11) is 0. The number of hydrogen-bond acceptors (Lipinski definition) is 9. The number of Topliss-reactive ketones (excluding diaryl/α,β-unsaturated/α-hetero) is 1. The van der Waals surface area contributed by atoms with Gasteiger partial charge in [0.2, 0.25) is 0 Å². The third-order valence-electron chi connectivity index (χ3n) is 6.51. The van der Waals surface area contributed by atoms with Crippen molar-refractivity contribution in [2.75, 3.05) is 52.6 Å². The number of fused-ring (bicyclic) bond motifs is 1. The summed E-state index contributed by atoms with van der Waals surface area (Å²) in [6, 6.07) is 9.55. The van der Waals surface area contributed by atoms with Gasteiger partial charge in [0, 0.05) is 43.9 Å². The Morgan fingerprint density at radius 2 is 1.75 bits per heavy atom. The third-order valence-corrected chi connectivity index (χ3v) is 6.51. The minimum atomic E-state index is -0.987. The first kappa shape index (κ1) is 23.8. The maximum atomic E-state index is 13.2. The van der Waals surface area contributed by atoms with Gasteiger partial charge >= 0.3 is 0 Å². The highest BCUT2D eigenvalue weighted by molar-refractivity contribution is 6.46. The van der Waals surface area contributed by atoms with E-state index in [-0.39, 0.29) is 29.1 Å². The molecule has 188 valence electrons. The molecule has 0 spiro atoms. The first-order valence-electron chi connectivity index (χ1n) is 11.7. The maximum absolute atomic E-state index is 13.2. The molecule has 3 heterocycles. The fraction of sp³-hybridized carbons (Fsp3) is 0.360. The van der Waals surface area contributed by atoms with E-state index in [9.17, 15) is 24.8 Å². The molecule has 2 fully saturated rings. The van der Waals surface area contributed by atoms with Crippen LogP contribution in [0.2, 0.25) is 0 Å². The standard InChI is InChI=1S/C25H25N3O8/c29-23(17-4-5-19-20(15-17)36-13-12-35-19)21-22(16-2-1-3-18(14-16)28(32)33)27(25(31)24(21)30)7-6-26-8-10-34-11-9-26/h1-5,14-15,22,29H,6-13H2. The Bertz CT molecular complexity index is 1240. The van der Waals surface area contributed by atoms with Gasteiger partial charge in [-0.25, -0.2) is 0 Å². The third kappa shape index (κ3) is 4.50. The van der Waals surface area contributed by atoms with E-state index in [1.165, 1.54) is 23.1 Å². The second kappa shape index (κ2) is 9.96. The summed E-state index contributed by atoms with van der Waals surface area (Å²) >= 11 is 0. The Morgan fingerprint density at radius 1 is 1.00 bits per heavy atom. The summed E-state index contributed by atoms with van der Waals surface area (Å²) in [6.07, 6.45) is 0. The van der Waals surface area contributed by atoms with Crippen molar-refractivity contribution in [1.82, 2.24) is 9.80 Å². The number of aliphatic hydroxyl groups excluding tert-OH is 1. The molecular formula is C25H25N3O8.